The fraction of sp³-hybridized carbons (Fsp3) is 0.357. The van der Waals surface area contributed by atoms with Crippen LogP contribution in [0, 0.1) is 22.5 Å². The van der Waals surface area contributed by atoms with E-state index in [1.165, 1.54) is 6.07 Å². The summed E-state index contributed by atoms with van der Waals surface area (Å²) in [5.41, 5.74) is 1.79. The molecule has 104 valence electrons. The second kappa shape index (κ2) is 5.61. The molecular weight excluding hydrogens is 258 g/mol. The van der Waals surface area contributed by atoms with E-state index in [4.69, 9.17) is 6.42 Å². The van der Waals surface area contributed by atoms with Crippen LogP contribution in [0.15, 0.2) is 12.1 Å². The number of nitrogens with one attached hydrogen (secondary N) is 2. The van der Waals surface area contributed by atoms with E-state index in [1.54, 1.807) is 6.07 Å². The van der Waals surface area contributed by atoms with Crippen LogP contribution in [0.4, 0.5) is 17.1 Å². The maximum atomic E-state index is 11.4. The van der Waals surface area contributed by atoms with Gasteiger partial charge in [-0.15, -0.1) is 12.3 Å². The van der Waals surface area contributed by atoms with Gasteiger partial charge in [-0.25, -0.2) is 0 Å². The molecule has 6 nitrogen and oxygen atoms in total. The molecule has 1 aliphatic rings. The smallest absolute Gasteiger partial charge is 0.292 e. The average molecular weight is 273 g/mol. The second-order valence-electron chi connectivity index (χ2n) is 4.79. The third-order valence-corrected chi connectivity index (χ3v) is 3.14. The fourth-order valence-electron chi connectivity index (χ4n) is 2.18. The van der Waals surface area contributed by atoms with Crippen molar-refractivity contribution in [1.82, 2.24) is 0 Å². The lowest BCUT2D eigenvalue weighted by Crippen LogP contribution is -2.20. The Labute approximate surface area is 116 Å². The largest absolute Gasteiger partial charge is 0.376 e. The van der Waals surface area contributed by atoms with Crippen LogP contribution in [0.5, 0.6) is 0 Å². The van der Waals surface area contributed by atoms with Gasteiger partial charge in [0, 0.05) is 30.6 Å². The average Bonchev–Trinajstić information content (AvgIpc) is 2.37. The van der Waals surface area contributed by atoms with Crippen molar-refractivity contribution >= 4 is 23.0 Å². The SMILES string of the molecule is C#CCC(C)Nc1cc2c(cc1[N+](=O)[O-])CCC(=O)N2. The zero-order valence-electron chi connectivity index (χ0n) is 11.1. The van der Waals surface area contributed by atoms with E-state index < -0.39 is 4.92 Å². The van der Waals surface area contributed by atoms with Crippen LogP contribution < -0.4 is 10.6 Å². The molecule has 1 heterocycles. The summed E-state index contributed by atoms with van der Waals surface area (Å²) < 4.78 is 0. The maximum Gasteiger partial charge on any atom is 0.292 e. The summed E-state index contributed by atoms with van der Waals surface area (Å²) in [7, 11) is 0. The number of aryl methyl sites for hydroxylation is 1. The number of nitro groups is 1. The molecule has 1 unspecified atom stereocenters. The van der Waals surface area contributed by atoms with E-state index in [2.05, 4.69) is 16.6 Å². The Balaban J connectivity index is 2.38. The minimum Gasteiger partial charge on any atom is -0.376 e. The first-order valence-corrected chi connectivity index (χ1v) is 6.32. The van der Waals surface area contributed by atoms with Gasteiger partial charge < -0.3 is 10.6 Å². The number of anilines is 2. The first-order valence-electron chi connectivity index (χ1n) is 6.32. The van der Waals surface area contributed by atoms with Crippen LogP contribution in [0.1, 0.15) is 25.3 Å². The highest BCUT2D eigenvalue weighted by atomic mass is 16.6. The molecule has 0 saturated carbocycles. The number of amides is 1. The molecule has 2 N–H and O–H groups in total. The number of nitro benzene ring substituents is 1. The predicted molar refractivity (Wildman–Crippen MR) is 76.6 cm³/mol. The van der Waals surface area contributed by atoms with Gasteiger partial charge in [-0.2, -0.15) is 0 Å². The Morgan fingerprint density at radius 3 is 2.95 bits per heavy atom. The molecule has 1 aromatic carbocycles. The van der Waals surface area contributed by atoms with Crippen molar-refractivity contribution in [3.05, 3.63) is 27.8 Å². The summed E-state index contributed by atoms with van der Waals surface area (Å²) in [4.78, 5) is 22.1. The highest BCUT2D eigenvalue weighted by Gasteiger charge is 2.23. The number of fused-ring (bicyclic) bond motifs is 1. The van der Waals surface area contributed by atoms with E-state index in [0.717, 1.165) is 5.56 Å². The number of benzene rings is 1. The molecule has 0 radical (unpaired) electrons. The minimum atomic E-state index is -0.429. The van der Waals surface area contributed by atoms with Crippen LogP contribution in [-0.2, 0) is 11.2 Å². The van der Waals surface area contributed by atoms with E-state index in [-0.39, 0.29) is 17.6 Å². The Morgan fingerprint density at radius 1 is 1.55 bits per heavy atom. The number of terminal acetylenes is 1. The molecule has 0 spiro atoms. The fourth-order valence-corrected chi connectivity index (χ4v) is 2.18. The van der Waals surface area contributed by atoms with Crippen LogP contribution >= 0.6 is 0 Å². The molecule has 1 atom stereocenters. The number of nitrogens with zero attached hydrogens (tertiary/aromatic N) is 1. The van der Waals surface area contributed by atoms with Gasteiger partial charge in [-0.1, -0.05) is 0 Å². The molecule has 1 amide bonds. The van der Waals surface area contributed by atoms with Gasteiger partial charge in [0.05, 0.1) is 4.92 Å². The van der Waals surface area contributed by atoms with Gasteiger partial charge in [0.15, 0.2) is 0 Å². The Kier molecular flexibility index (Phi) is 3.89. The summed E-state index contributed by atoms with van der Waals surface area (Å²) in [6, 6.07) is 3.04. The molecule has 0 aliphatic carbocycles. The van der Waals surface area contributed by atoms with E-state index in [0.29, 0.717) is 30.6 Å². The molecule has 0 aromatic heterocycles. The van der Waals surface area contributed by atoms with Crippen LogP contribution in [0.2, 0.25) is 0 Å². The Morgan fingerprint density at radius 2 is 2.30 bits per heavy atom. The lowest BCUT2D eigenvalue weighted by molar-refractivity contribution is -0.384. The Hall–Kier alpha value is -2.55. The summed E-state index contributed by atoms with van der Waals surface area (Å²) in [5, 5.41) is 16.9. The molecule has 0 bridgehead atoms. The van der Waals surface area contributed by atoms with Crippen molar-refractivity contribution in [3.63, 3.8) is 0 Å². The number of hydrogen-bond donors (Lipinski definition) is 2. The summed E-state index contributed by atoms with van der Waals surface area (Å²) in [5.74, 6) is 2.43. The second-order valence-corrected chi connectivity index (χ2v) is 4.79. The third kappa shape index (κ3) is 2.88. The summed E-state index contributed by atoms with van der Waals surface area (Å²) in [6.07, 6.45) is 6.56. The number of hydrogen-bond acceptors (Lipinski definition) is 4. The number of rotatable bonds is 4. The Bertz CT molecular complexity index is 604. The normalized spacial score (nSPS) is 14.7. The van der Waals surface area contributed by atoms with Crippen LogP contribution in [0.25, 0.3) is 0 Å². The topological polar surface area (TPSA) is 84.3 Å². The zero-order valence-corrected chi connectivity index (χ0v) is 11.1. The van der Waals surface area contributed by atoms with Crippen molar-refractivity contribution in [1.29, 1.82) is 0 Å². The number of carbonyl (C=O) groups excluding carboxylic acids is 1. The van der Waals surface area contributed by atoms with Crippen molar-refractivity contribution in [2.45, 2.75) is 32.2 Å². The lowest BCUT2D eigenvalue weighted by atomic mass is 10.0. The molecular formula is C14H15N3O3. The van der Waals surface area contributed by atoms with Gasteiger partial charge in [0.1, 0.15) is 5.69 Å². The first-order chi connectivity index (χ1) is 9.51. The van der Waals surface area contributed by atoms with Gasteiger partial charge in [0.2, 0.25) is 5.91 Å². The molecule has 1 aliphatic heterocycles. The van der Waals surface area contributed by atoms with Gasteiger partial charge in [-0.3, -0.25) is 14.9 Å². The van der Waals surface area contributed by atoms with E-state index in [9.17, 15) is 14.9 Å². The van der Waals surface area contributed by atoms with Gasteiger partial charge >= 0.3 is 0 Å². The first kappa shape index (κ1) is 13.9. The maximum absolute atomic E-state index is 11.4. The highest BCUT2D eigenvalue weighted by Crippen LogP contribution is 2.34. The van der Waals surface area contributed by atoms with E-state index >= 15 is 0 Å². The van der Waals surface area contributed by atoms with E-state index in [1.807, 2.05) is 6.92 Å². The summed E-state index contributed by atoms with van der Waals surface area (Å²) >= 11 is 0. The van der Waals surface area contributed by atoms with Crippen molar-refractivity contribution in [2.75, 3.05) is 10.6 Å². The molecule has 20 heavy (non-hydrogen) atoms. The van der Waals surface area contributed by atoms with Crippen molar-refractivity contribution < 1.29 is 9.72 Å². The summed E-state index contributed by atoms with van der Waals surface area (Å²) in [6.45, 7) is 1.85. The molecule has 1 aromatic rings. The van der Waals surface area contributed by atoms with Crippen molar-refractivity contribution in [3.8, 4) is 12.3 Å². The molecule has 0 saturated heterocycles. The molecule has 2 rings (SSSR count). The van der Waals surface area contributed by atoms with Crippen molar-refractivity contribution in [2.24, 2.45) is 0 Å². The van der Waals surface area contributed by atoms with Crippen LogP contribution in [-0.4, -0.2) is 16.9 Å². The van der Waals surface area contributed by atoms with Gasteiger partial charge in [0.25, 0.3) is 5.69 Å². The zero-order chi connectivity index (χ0) is 14.7. The standard InChI is InChI=1S/C14H15N3O3/c1-3-4-9(2)15-12-8-11-10(5-6-14(18)16-11)7-13(12)17(19)20/h1,7-9,15H,4-6H2,2H3,(H,16,18). The van der Waals surface area contributed by atoms with Crippen LogP contribution in [0.3, 0.4) is 0 Å². The lowest BCUT2D eigenvalue weighted by Gasteiger charge is -2.19. The number of carbonyl (C=O) groups is 1. The van der Waals surface area contributed by atoms with Gasteiger partial charge in [-0.05, 0) is 25.0 Å². The molecule has 0 fully saturated rings. The third-order valence-electron chi connectivity index (χ3n) is 3.14. The molecule has 6 heteroatoms. The highest BCUT2D eigenvalue weighted by molar-refractivity contribution is 5.95. The monoisotopic (exact) mass is 273 g/mol. The quantitative estimate of drug-likeness (QED) is 0.501. The minimum absolute atomic E-state index is 0.00349. The predicted octanol–water partition coefficient (Wildman–Crippen LogP) is 2.30.